The zero-order valence-corrected chi connectivity index (χ0v) is 20.4. The van der Waals surface area contributed by atoms with E-state index in [0.717, 1.165) is 6.26 Å². The molecule has 3 rings (SSSR count). The van der Waals surface area contributed by atoms with Crippen LogP contribution in [0.3, 0.4) is 0 Å². The normalized spacial score (nSPS) is 11.3. The van der Waals surface area contributed by atoms with Gasteiger partial charge >= 0.3 is 0 Å². The predicted molar refractivity (Wildman–Crippen MR) is 134 cm³/mol. The van der Waals surface area contributed by atoms with E-state index in [-0.39, 0.29) is 6.54 Å². The van der Waals surface area contributed by atoms with Gasteiger partial charge in [0, 0.05) is 16.1 Å². The number of hydrogen-bond acceptors (Lipinski definition) is 6. The first-order valence-corrected chi connectivity index (χ1v) is 12.3. The zero-order valence-electron chi connectivity index (χ0n) is 18.9. The zero-order chi connectivity index (χ0) is 24.7. The van der Waals surface area contributed by atoms with Crippen LogP contribution in [0.5, 0.6) is 11.5 Å². The quantitative estimate of drug-likeness (QED) is 0.352. The van der Waals surface area contributed by atoms with Crippen molar-refractivity contribution in [1.29, 1.82) is 0 Å². The Hall–Kier alpha value is -3.56. The van der Waals surface area contributed by atoms with Crippen molar-refractivity contribution in [2.45, 2.75) is 6.54 Å². The van der Waals surface area contributed by atoms with Crippen LogP contribution in [0.25, 0.3) is 0 Å². The average Bonchev–Trinajstić information content (AvgIpc) is 2.82. The molecule has 0 aliphatic rings. The number of anilines is 1. The maximum atomic E-state index is 12.5. The van der Waals surface area contributed by atoms with Crippen LogP contribution in [0.4, 0.5) is 5.69 Å². The van der Waals surface area contributed by atoms with Crippen molar-refractivity contribution >= 4 is 39.4 Å². The third-order valence-electron chi connectivity index (χ3n) is 4.85. The molecule has 1 N–H and O–H groups in total. The Morgan fingerprint density at radius 1 is 1.06 bits per heavy atom. The highest BCUT2D eigenvalue weighted by Crippen LogP contribution is 2.24. The molecule has 0 fully saturated rings. The Morgan fingerprint density at radius 3 is 2.41 bits per heavy atom. The number of nitrogens with zero attached hydrogens (tertiary/aromatic N) is 2. The number of carbonyl (C=O) groups excluding carboxylic acids is 1. The molecule has 178 valence electrons. The molecule has 1 amide bonds. The van der Waals surface area contributed by atoms with E-state index in [4.69, 9.17) is 21.1 Å². The second-order valence-electron chi connectivity index (χ2n) is 7.25. The molecule has 0 aliphatic heterocycles. The molecule has 0 saturated heterocycles. The number of hydrogen-bond donors (Lipinski definition) is 1. The van der Waals surface area contributed by atoms with Crippen LogP contribution in [0.15, 0.2) is 71.8 Å². The topological polar surface area (TPSA) is 97.3 Å². The smallest absolute Gasteiger partial charge is 0.271 e. The number of carbonyl (C=O) groups is 1. The van der Waals surface area contributed by atoms with Crippen LogP contribution in [0, 0.1) is 0 Å². The minimum absolute atomic E-state index is 0.0921. The van der Waals surface area contributed by atoms with Crippen LogP contribution in [0.1, 0.15) is 21.5 Å². The molecule has 34 heavy (non-hydrogen) atoms. The standard InChI is InChI=1S/C24H24ClN3O5S/c1-32-22-11-12-23(33-2)19(13-22)15-26-27-24(29)18-9-7-17(8-10-18)16-28(34(3,30)31)21-6-4-5-20(25)14-21/h4-15H,16H2,1-3H3,(H,27,29). The number of hydrazone groups is 1. The van der Waals surface area contributed by atoms with Crippen molar-refractivity contribution < 1.29 is 22.7 Å². The number of halogens is 1. The summed E-state index contributed by atoms with van der Waals surface area (Å²) in [7, 11) is -0.459. The summed E-state index contributed by atoms with van der Waals surface area (Å²) in [6.07, 6.45) is 2.59. The molecular weight excluding hydrogens is 478 g/mol. The highest BCUT2D eigenvalue weighted by atomic mass is 35.5. The van der Waals surface area contributed by atoms with Crippen LogP contribution in [0.2, 0.25) is 5.02 Å². The Bertz CT molecular complexity index is 1290. The molecule has 0 unspecified atom stereocenters. The lowest BCUT2D eigenvalue weighted by Gasteiger charge is -2.22. The summed E-state index contributed by atoms with van der Waals surface area (Å²) in [5, 5.41) is 4.43. The van der Waals surface area contributed by atoms with Crippen molar-refractivity contribution in [2.24, 2.45) is 5.10 Å². The van der Waals surface area contributed by atoms with Gasteiger partial charge in [-0.15, -0.1) is 0 Å². The number of methoxy groups -OCH3 is 2. The van der Waals surface area contributed by atoms with E-state index < -0.39 is 15.9 Å². The van der Waals surface area contributed by atoms with Crippen LogP contribution < -0.4 is 19.2 Å². The first-order valence-electron chi connectivity index (χ1n) is 10.1. The summed E-state index contributed by atoms with van der Waals surface area (Å²) < 4.78 is 36.4. The van der Waals surface area contributed by atoms with Gasteiger partial charge in [-0.2, -0.15) is 5.10 Å². The fraction of sp³-hybridized carbons (Fsp3) is 0.167. The highest BCUT2D eigenvalue weighted by Gasteiger charge is 2.18. The minimum atomic E-state index is -3.55. The van der Waals surface area contributed by atoms with Gasteiger partial charge in [0.2, 0.25) is 10.0 Å². The van der Waals surface area contributed by atoms with E-state index >= 15 is 0 Å². The molecule has 10 heteroatoms. The summed E-state index contributed by atoms with van der Waals surface area (Å²) in [6.45, 7) is 0.0921. The number of sulfonamides is 1. The van der Waals surface area contributed by atoms with Gasteiger partial charge < -0.3 is 9.47 Å². The van der Waals surface area contributed by atoms with Crippen LogP contribution >= 0.6 is 11.6 Å². The number of ether oxygens (including phenoxy) is 2. The molecule has 0 heterocycles. The number of rotatable bonds is 9. The third kappa shape index (κ3) is 6.49. The van der Waals surface area contributed by atoms with Gasteiger partial charge in [0.05, 0.1) is 38.9 Å². The van der Waals surface area contributed by atoms with Gasteiger partial charge in [0.25, 0.3) is 5.91 Å². The maximum absolute atomic E-state index is 12.5. The lowest BCUT2D eigenvalue weighted by atomic mass is 10.1. The molecule has 0 radical (unpaired) electrons. The average molecular weight is 502 g/mol. The largest absolute Gasteiger partial charge is 0.497 e. The highest BCUT2D eigenvalue weighted by molar-refractivity contribution is 7.92. The summed E-state index contributed by atoms with van der Waals surface area (Å²) in [6, 6.07) is 18.4. The second-order valence-corrected chi connectivity index (χ2v) is 9.60. The summed E-state index contributed by atoms with van der Waals surface area (Å²) in [5.41, 5.74) is 4.63. The Kier molecular flexibility index (Phi) is 8.14. The molecule has 0 aromatic heterocycles. The van der Waals surface area contributed by atoms with Crippen molar-refractivity contribution in [3.05, 3.63) is 88.4 Å². The van der Waals surface area contributed by atoms with Crippen molar-refractivity contribution in [2.75, 3.05) is 24.8 Å². The first kappa shape index (κ1) is 25.1. The lowest BCUT2D eigenvalue weighted by Crippen LogP contribution is -2.29. The molecule has 0 atom stereocenters. The maximum Gasteiger partial charge on any atom is 0.271 e. The van der Waals surface area contributed by atoms with Gasteiger partial charge in [-0.25, -0.2) is 13.8 Å². The molecular formula is C24H24ClN3O5S. The second kappa shape index (κ2) is 11.0. The SMILES string of the molecule is COc1ccc(OC)c(C=NNC(=O)c2ccc(CN(c3cccc(Cl)c3)S(C)(=O)=O)cc2)c1. The van der Waals surface area contributed by atoms with E-state index in [2.05, 4.69) is 10.5 Å². The van der Waals surface area contributed by atoms with Crippen LogP contribution in [-0.2, 0) is 16.6 Å². The van der Waals surface area contributed by atoms with E-state index in [1.807, 2.05) is 0 Å². The molecule has 8 nitrogen and oxygen atoms in total. The van der Waals surface area contributed by atoms with Gasteiger partial charge in [0.15, 0.2) is 0 Å². The number of nitrogens with one attached hydrogen (secondary N) is 1. The number of amides is 1. The van der Waals surface area contributed by atoms with Crippen molar-refractivity contribution in [3.63, 3.8) is 0 Å². The van der Waals surface area contributed by atoms with Crippen LogP contribution in [-0.4, -0.2) is 41.0 Å². The molecule has 0 spiro atoms. The fourth-order valence-electron chi connectivity index (χ4n) is 3.12. The van der Waals surface area contributed by atoms with E-state index in [0.29, 0.717) is 38.9 Å². The van der Waals surface area contributed by atoms with Gasteiger partial charge in [-0.1, -0.05) is 29.8 Å². The van der Waals surface area contributed by atoms with E-state index in [9.17, 15) is 13.2 Å². The van der Waals surface area contributed by atoms with Gasteiger partial charge in [0.1, 0.15) is 11.5 Å². The number of benzene rings is 3. The predicted octanol–water partition coefficient (Wildman–Crippen LogP) is 4.09. The third-order valence-corrected chi connectivity index (χ3v) is 6.22. The Balaban J connectivity index is 1.70. The minimum Gasteiger partial charge on any atom is -0.497 e. The molecule has 0 saturated carbocycles. The molecule has 0 aliphatic carbocycles. The van der Waals surface area contributed by atoms with Gasteiger partial charge in [-0.3, -0.25) is 9.10 Å². The molecule has 0 bridgehead atoms. The van der Waals surface area contributed by atoms with Gasteiger partial charge in [-0.05, 0) is 54.1 Å². The van der Waals surface area contributed by atoms with Crippen molar-refractivity contribution in [1.82, 2.24) is 5.43 Å². The fourth-order valence-corrected chi connectivity index (χ4v) is 4.19. The molecule has 3 aromatic rings. The summed E-state index contributed by atoms with van der Waals surface area (Å²) >= 11 is 6.02. The summed E-state index contributed by atoms with van der Waals surface area (Å²) in [5.74, 6) is 0.794. The molecule has 3 aromatic carbocycles. The monoisotopic (exact) mass is 501 g/mol. The first-order chi connectivity index (χ1) is 16.2. The van der Waals surface area contributed by atoms with Crippen molar-refractivity contribution in [3.8, 4) is 11.5 Å². The Labute approximate surface area is 203 Å². The van der Waals surface area contributed by atoms with E-state index in [1.165, 1.54) is 17.6 Å². The lowest BCUT2D eigenvalue weighted by molar-refractivity contribution is 0.0955. The Morgan fingerprint density at radius 2 is 1.79 bits per heavy atom. The summed E-state index contributed by atoms with van der Waals surface area (Å²) in [4.78, 5) is 12.5. The van der Waals surface area contributed by atoms with E-state index in [1.54, 1.807) is 73.8 Å².